The first-order valence-electron chi connectivity index (χ1n) is 6.63. The van der Waals surface area contributed by atoms with Gasteiger partial charge >= 0.3 is 0 Å². The molecule has 0 unspecified atom stereocenters. The maximum absolute atomic E-state index is 10.9. The van der Waals surface area contributed by atoms with Crippen LogP contribution in [-0.4, -0.2) is 9.91 Å². The molecule has 1 heterocycles. The summed E-state index contributed by atoms with van der Waals surface area (Å²) in [5, 5.41) is 19.3. The zero-order valence-corrected chi connectivity index (χ0v) is 11.3. The number of nitrogens with two attached hydrogens (primary N) is 1. The number of fused-ring (bicyclic) bond motifs is 4. The van der Waals surface area contributed by atoms with Gasteiger partial charge in [-0.3, -0.25) is 15.5 Å². The minimum atomic E-state index is -0.464. The summed E-state index contributed by atoms with van der Waals surface area (Å²) in [6.45, 7) is 0. The van der Waals surface area contributed by atoms with Gasteiger partial charge in [-0.05, 0) is 12.1 Å². The van der Waals surface area contributed by atoms with Crippen LogP contribution in [-0.2, 0) is 0 Å². The third kappa shape index (κ3) is 1.74. The predicted octanol–water partition coefficient (Wildman–Crippen LogP) is 1.65. The monoisotopic (exact) mass is 292 g/mol. The molecule has 4 rings (SSSR count). The van der Waals surface area contributed by atoms with Crippen LogP contribution in [0.5, 0.6) is 0 Å². The molecule has 0 spiro atoms. The van der Waals surface area contributed by atoms with E-state index in [0.717, 1.165) is 10.8 Å². The second-order valence-electron chi connectivity index (χ2n) is 4.98. The zero-order valence-electron chi connectivity index (χ0n) is 11.3. The van der Waals surface area contributed by atoms with Gasteiger partial charge in [-0.2, -0.15) is 0 Å². The molecule has 2 N–H and O–H groups in total. The lowest BCUT2D eigenvalue weighted by Crippen LogP contribution is -2.45. The fourth-order valence-corrected chi connectivity index (χ4v) is 2.58. The van der Waals surface area contributed by atoms with Gasteiger partial charge in [0.15, 0.2) is 11.3 Å². The molecule has 2 aromatic rings. The Morgan fingerprint density at radius 1 is 1.09 bits per heavy atom. The Morgan fingerprint density at radius 2 is 1.86 bits per heavy atom. The molecule has 0 atom stereocenters. The van der Waals surface area contributed by atoms with E-state index in [1.165, 1.54) is 12.1 Å². The van der Waals surface area contributed by atoms with E-state index >= 15 is 0 Å². The third-order valence-electron chi connectivity index (χ3n) is 3.62. The second kappa shape index (κ2) is 4.36. The maximum atomic E-state index is 10.9. The molecule has 6 nitrogen and oxygen atoms in total. The zero-order chi connectivity index (χ0) is 15.3. The first-order valence-corrected chi connectivity index (χ1v) is 6.63. The van der Waals surface area contributed by atoms with E-state index < -0.39 is 4.92 Å². The first kappa shape index (κ1) is 12.5. The first-order chi connectivity index (χ1) is 10.6. The fraction of sp³-hybridized carbons (Fsp3) is 0. The molecule has 0 amide bonds. The molecule has 22 heavy (non-hydrogen) atoms. The SMILES string of the molecule is [NH2+]=c1cc2oc3cc([N+](=O)[O-])ccc3nc-2c2ccccc12. The molecule has 0 saturated heterocycles. The fourth-order valence-electron chi connectivity index (χ4n) is 2.58. The molecule has 0 saturated carbocycles. The minimum Gasteiger partial charge on any atom is -0.452 e. The number of rotatable bonds is 1. The summed E-state index contributed by atoms with van der Waals surface area (Å²) < 4.78 is 5.78. The van der Waals surface area contributed by atoms with Crippen molar-refractivity contribution in [3.8, 4) is 11.5 Å². The average molecular weight is 292 g/mol. The van der Waals surface area contributed by atoms with Gasteiger partial charge in [0.2, 0.25) is 5.36 Å². The second-order valence-corrected chi connectivity index (χ2v) is 4.98. The number of aromatic nitrogens is 1. The molecule has 106 valence electrons. The quantitative estimate of drug-likeness (QED) is 0.250. The van der Waals surface area contributed by atoms with Crippen molar-refractivity contribution in [3.63, 3.8) is 0 Å². The molecule has 0 radical (unpaired) electrons. The normalized spacial score (nSPS) is 11.3. The highest BCUT2D eigenvalue weighted by Gasteiger charge is 2.17. The number of hydrogen-bond acceptors (Lipinski definition) is 4. The Hall–Kier alpha value is -3.28. The van der Waals surface area contributed by atoms with E-state index in [2.05, 4.69) is 4.98 Å². The molecule has 0 bridgehead atoms. The molecule has 0 fully saturated rings. The van der Waals surface area contributed by atoms with Crippen LogP contribution in [0.4, 0.5) is 5.69 Å². The Balaban J connectivity index is 2.16. The summed E-state index contributed by atoms with van der Waals surface area (Å²) in [5.74, 6) is 0.504. The number of nitro groups is 1. The third-order valence-corrected chi connectivity index (χ3v) is 3.62. The van der Waals surface area contributed by atoms with Crippen LogP contribution in [0.2, 0.25) is 0 Å². The van der Waals surface area contributed by atoms with Gasteiger partial charge < -0.3 is 4.42 Å². The Kier molecular flexibility index (Phi) is 2.47. The predicted molar refractivity (Wildman–Crippen MR) is 79.9 cm³/mol. The molecule has 2 aromatic carbocycles. The molecular formula is C16H10N3O3+. The highest BCUT2D eigenvalue weighted by atomic mass is 16.6. The van der Waals surface area contributed by atoms with Crippen molar-refractivity contribution in [3.05, 3.63) is 64.0 Å². The Bertz CT molecular complexity index is 1080. The van der Waals surface area contributed by atoms with E-state index in [1.807, 2.05) is 24.3 Å². The van der Waals surface area contributed by atoms with Crippen molar-refractivity contribution in [2.24, 2.45) is 0 Å². The molecule has 0 aromatic heterocycles. The summed E-state index contributed by atoms with van der Waals surface area (Å²) in [5.41, 5.74) is 1.57. The highest BCUT2D eigenvalue weighted by molar-refractivity contribution is 5.96. The summed E-state index contributed by atoms with van der Waals surface area (Å²) in [4.78, 5) is 15.0. The van der Waals surface area contributed by atoms with E-state index in [-0.39, 0.29) is 5.69 Å². The largest absolute Gasteiger partial charge is 0.452 e. The van der Waals surface area contributed by atoms with Gasteiger partial charge in [0.25, 0.3) is 5.69 Å². The van der Waals surface area contributed by atoms with Crippen molar-refractivity contribution in [2.75, 3.05) is 0 Å². The van der Waals surface area contributed by atoms with E-state index in [1.54, 1.807) is 12.1 Å². The average Bonchev–Trinajstić information content (AvgIpc) is 2.53. The van der Waals surface area contributed by atoms with Crippen LogP contribution in [0.25, 0.3) is 33.3 Å². The van der Waals surface area contributed by atoms with Crippen LogP contribution >= 0.6 is 0 Å². The molecule has 2 aliphatic rings. The topological polar surface area (TPSA) is 94.8 Å². The van der Waals surface area contributed by atoms with Gasteiger partial charge in [0.1, 0.15) is 11.2 Å². The van der Waals surface area contributed by atoms with Crippen LogP contribution in [0.1, 0.15) is 0 Å². The van der Waals surface area contributed by atoms with E-state index in [0.29, 0.717) is 27.9 Å². The van der Waals surface area contributed by atoms with Gasteiger partial charge in [-0.1, -0.05) is 18.2 Å². The summed E-state index contributed by atoms with van der Waals surface area (Å²) in [6.07, 6.45) is 0. The standard InChI is InChI=1S/C16H9N3O3/c17-12-8-15-16(11-4-2-1-3-10(11)12)18-13-6-5-9(19(20)21)7-14(13)22-15/h1-8,17H/p+1. The van der Waals surface area contributed by atoms with Crippen molar-refractivity contribution >= 4 is 27.6 Å². The summed E-state index contributed by atoms with van der Waals surface area (Å²) in [6, 6.07) is 13.7. The molecule has 6 heteroatoms. The summed E-state index contributed by atoms with van der Waals surface area (Å²) in [7, 11) is 0. The molecule has 1 aliphatic carbocycles. The molecular weight excluding hydrogens is 282 g/mol. The lowest BCUT2D eigenvalue weighted by molar-refractivity contribution is -0.384. The van der Waals surface area contributed by atoms with Crippen LogP contribution in [0.3, 0.4) is 0 Å². The van der Waals surface area contributed by atoms with Crippen molar-refractivity contribution in [1.29, 1.82) is 0 Å². The smallest absolute Gasteiger partial charge is 0.273 e. The van der Waals surface area contributed by atoms with Crippen molar-refractivity contribution in [2.45, 2.75) is 0 Å². The number of benzene rings is 3. The van der Waals surface area contributed by atoms with Crippen LogP contribution in [0, 0.1) is 10.1 Å². The maximum Gasteiger partial charge on any atom is 0.273 e. The van der Waals surface area contributed by atoms with E-state index in [4.69, 9.17) is 9.83 Å². The number of nitrogens with zero attached hydrogens (tertiary/aromatic N) is 2. The van der Waals surface area contributed by atoms with Crippen molar-refractivity contribution in [1.82, 2.24) is 4.98 Å². The van der Waals surface area contributed by atoms with Crippen LogP contribution in [0.15, 0.2) is 52.9 Å². The highest BCUT2D eigenvalue weighted by Crippen LogP contribution is 2.30. The van der Waals surface area contributed by atoms with Crippen LogP contribution < -0.4 is 10.8 Å². The minimum absolute atomic E-state index is 0.0360. The summed E-state index contributed by atoms with van der Waals surface area (Å²) >= 11 is 0. The lowest BCUT2D eigenvalue weighted by Gasteiger charge is -2.08. The van der Waals surface area contributed by atoms with Gasteiger partial charge in [0.05, 0.1) is 22.4 Å². The van der Waals surface area contributed by atoms with Crippen molar-refractivity contribution < 1.29 is 14.7 Å². The lowest BCUT2D eigenvalue weighted by atomic mass is 10.0. The van der Waals surface area contributed by atoms with Gasteiger partial charge in [0, 0.05) is 11.5 Å². The molecule has 1 aliphatic heterocycles. The van der Waals surface area contributed by atoms with E-state index in [9.17, 15) is 10.1 Å². The van der Waals surface area contributed by atoms with Gasteiger partial charge in [-0.25, -0.2) is 4.98 Å². The Morgan fingerprint density at radius 3 is 2.64 bits per heavy atom. The van der Waals surface area contributed by atoms with Gasteiger partial charge in [-0.15, -0.1) is 0 Å². The number of nitro benzene ring substituents is 1. The number of hydrogen-bond donors (Lipinski definition) is 1. The Labute approximate surface area is 123 Å². The number of non-ortho nitro benzene ring substituents is 1.